The van der Waals surface area contributed by atoms with E-state index in [2.05, 4.69) is 5.32 Å². The molecule has 0 aliphatic carbocycles. The first-order valence-electron chi connectivity index (χ1n) is 18.8. The third-order valence-electron chi connectivity index (χ3n) is 10.5. The summed E-state index contributed by atoms with van der Waals surface area (Å²) in [5.41, 5.74) is 5.23. The number of nitrogens with one attached hydrogen (secondary N) is 1. The van der Waals surface area contributed by atoms with Crippen molar-refractivity contribution in [1.29, 1.82) is 0 Å². The molecule has 0 aromatic heterocycles. The van der Waals surface area contributed by atoms with Crippen LogP contribution in [0.4, 0.5) is 0 Å². The van der Waals surface area contributed by atoms with Crippen molar-refractivity contribution in [2.24, 2.45) is 17.6 Å². The van der Waals surface area contributed by atoms with Gasteiger partial charge in [0.05, 0.1) is 27.9 Å². The highest BCUT2D eigenvalue weighted by atomic mass is 35.5. The number of aliphatic carboxylic acids is 1. The summed E-state index contributed by atoms with van der Waals surface area (Å²) < 4.78 is 17.6. The third kappa shape index (κ3) is 12.3. The largest absolute Gasteiger partial charge is 0.505 e. The number of methoxy groups -OCH3 is 1. The summed E-state index contributed by atoms with van der Waals surface area (Å²) in [6.45, 7) is 12.0. The van der Waals surface area contributed by atoms with E-state index in [1.165, 1.54) is 37.9 Å². The van der Waals surface area contributed by atoms with Crippen LogP contribution in [0.2, 0.25) is 10.0 Å². The lowest BCUT2D eigenvalue weighted by Crippen LogP contribution is -2.57. The summed E-state index contributed by atoms with van der Waals surface area (Å²) in [5, 5.41) is 32.6. The van der Waals surface area contributed by atoms with Gasteiger partial charge in [0.2, 0.25) is 5.91 Å². The first kappa shape index (κ1) is 47.4. The van der Waals surface area contributed by atoms with Gasteiger partial charge in [-0.25, -0.2) is 4.79 Å². The van der Waals surface area contributed by atoms with Crippen LogP contribution >= 0.6 is 23.2 Å². The van der Waals surface area contributed by atoms with Crippen molar-refractivity contribution >= 4 is 47.0 Å². The minimum absolute atomic E-state index is 0.0576. The number of rotatable bonds is 20. The summed E-state index contributed by atoms with van der Waals surface area (Å²) in [6, 6.07) is 8.35. The predicted molar refractivity (Wildman–Crippen MR) is 218 cm³/mol. The van der Waals surface area contributed by atoms with E-state index in [1.54, 1.807) is 21.0 Å². The molecular weight excluding hydrogens is 777 g/mol. The molecule has 1 aliphatic rings. The second-order valence-electron chi connectivity index (χ2n) is 15.5. The molecule has 1 saturated heterocycles. The first-order chi connectivity index (χ1) is 26.6. The fourth-order valence-electron chi connectivity index (χ4n) is 6.53. The molecule has 6 N–H and O–H groups in total. The number of epoxide rings is 1. The number of allylic oxidation sites excluding steroid dienone is 2. The van der Waals surface area contributed by atoms with Crippen LogP contribution in [0, 0.1) is 11.8 Å². The van der Waals surface area contributed by atoms with Crippen molar-refractivity contribution in [3.8, 4) is 5.75 Å². The molecule has 0 radical (unpaired) electrons. The van der Waals surface area contributed by atoms with Gasteiger partial charge < -0.3 is 45.5 Å². The number of carboxylic acid groups (broad SMARTS) is 1. The number of carbonyl (C=O) groups is 4. The summed E-state index contributed by atoms with van der Waals surface area (Å²) >= 11 is 12.1. The lowest BCUT2D eigenvalue weighted by Gasteiger charge is -2.33. The van der Waals surface area contributed by atoms with Crippen LogP contribution in [0.3, 0.4) is 0 Å². The Morgan fingerprint density at radius 2 is 1.72 bits per heavy atom. The number of phenolic OH excluding ortho intramolecular Hbond substituents is 1. The lowest BCUT2D eigenvalue weighted by molar-refractivity contribution is -0.158. The summed E-state index contributed by atoms with van der Waals surface area (Å²) in [5.74, 6) is -4.08. The van der Waals surface area contributed by atoms with E-state index in [9.17, 15) is 34.5 Å². The number of aliphatic hydroxyl groups is 1. The quantitative estimate of drug-likeness (QED) is 0.0617. The molecule has 57 heavy (non-hydrogen) atoms. The highest BCUT2D eigenvalue weighted by Gasteiger charge is 2.61. The first-order valence-corrected chi connectivity index (χ1v) is 19.6. The number of hydrogen-bond acceptors (Lipinski definition) is 10. The summed E-state index contributed by atoms with van der Waals surface area (Å²) in [4.78, 5) is 54.1. The minimum Gasteiger partial charge on any atom is -0.505 e. The van der Waals surface area contributed by atoms with Gasteiger partial charge in [-0.05, 0) is 62.4 Å². The maximum Gasteiger partial charge on any atom is 0.326 e. The number of carboxylic acids is 1. The highest BCUT2D eigenvalue weighted by molar-refractivity contribution is 6.37. The molecule has 3 rings (SSSR count). The van der Waals surface area contributed by atoms with Gasteiger partial charge in [-0.3, -0.25) is 14.4 Å². The Morgan fingerprint density at radius 3 is 2.25 bits per heavy atom. The zero-order valence-corrected chi connectivity index (χ0v) is 35.5. The van der Waals surface area contributed by atoms with Crippen LogP contribution in [-0.2, 0) is 39.8 Å². The van der Waals surface area contributed by atoms with E-state index < -0.39 is 71.4 Å². The van der Waals surface area contributed by atoms with E-state index in [1.807, 2.05) is 69.3 Å². The maximum atomic E-state index is 14.0. The van der Waals surface area contributed by atoms with Crippen molar-refractivity contribution in [3.05, 3.63) is 87.4 Å². The number of nitrogens with zero attached hydrogens (tertiary/aromatic N) is 1. The zero-order valence-electron chi connectivity index (χ0n) is 34.0. The number of hydrogen-bond donors (Lipinski definition) is 5. The lowest BCUT2D eigenvalue weighted by atomic mass is 9.93. The van der Waals surface area contributed by atoms with E-state index >= 15 is 0 Å². The number of ether oxygens (including phenoxy) is 3. The second-order valence-corrected chi connectivity index (χ2v) is 16.3. The van der Waals surface area contributed by atoms with Gasteiger partial charge in [-0.15, -0.1) is 0 Å². The monoisotopic (exact) mass is 833 g/mol. The molecule has 0 spiro atoms. The van der Waals surface area contributed by atoms with Crippen LogP contribution < -0.4 is 11.1 Å². The molecule has 0 saturated carbocycles. The second kappa shape index (κ2) is 20.1. The van der Waals surface area contributed by atoms with Gasteiger partial charge in [-0.2, -0.15) is 0 Å². The molecule has 13 nitrogen and oxygen atoms in total. The van der Waals surface area contributed by atoms with Crippen molar-refractivity contribution in [1.82, 2.24) is 10.2 Å². The molecule has 2 aromatic rings. The van der Waals surface area contributed by atoms with Gasteiger partial charge in [0, 0.05) is 32.9 Å². The Kier molecular flexibility index (Phi) is 16.7. The predicted octanol–water partition coefficient (Wildman–Crippen LogP) is 5.77. The van der Waals surface area contributed by atoms with Crippen LogP contribution in [-0.4, -0.2) is 99.7 Å². The molecule has 1 heterocycles. The number of esters is 1. The van der Waals surface area contributed by atoms with Crippen LogP contribution in [0.1, 0.15) is 78.5 Å². The normalized spacial score (nSPS) is 20.8. The molecule has 1 fully saturated rings. The Balaban J connectivity index is 1.72. The Bertz CT molecular complexity index is 1780. The number of amides is 2. The standard InChI is InChI=1S/C42H57Cl2N3O10/c1-10-23(2)33(37(49)46-30(38(50)51)21-26-19-28(43)34(48)29(44)20-26)47(8)40(53)42(7)32(57-42)22-31(55-9)24(3)15-14-16-25(4)35(27-17-12-11-13-18-27)56-39(52)36(45)41(5,6)54/h11-20,23,25,30-33,35-36,48,54H,10,21-22,45H2,1-9H3,(H,46,49)(H,50,51)/b16-14+,24-15+/t23-,25+,30+,31+,32-,33-,35-,36+,42+/m0/s1. The zero-order chi connectivity index (χ0) is 43.0. The number of likely N-dealkylation sites (N-methyl/N-ethyl adjacent to an activating group) is 1. The van der Waals surface area contributed by atoms with Crippen molar-refractivity contribution in [2.75, 3.05) is 14.2 Å². The molecule has 314 valence electrons. The molecule has 0 unspecified atom stereocenters. The van der Waals surface area contributed by atoms with E-state index in [0.717, 1.165) is 11.1 Å². The van der Waals surface area contributed by atoms with E-state index in [0.29, 0.717) is 18.4 Å². The number of carbonyl (C=O) groups excluding carboxylic acids is 3. The molecule has 1 aliphatic heterocycles. The van der Waals surface area contributed by atoms with Crippen LogP contribution in [0.25, 0.3) is 0 Å². The molecule has 9 atom stereocenters. The fourth-order valence-corrected chi connectivity index (χ4v) is 7.06. The van der Waals surface area contributed by atoms with Crippen LogP contribution in [0.5, 0.6) is 5.75 Å². The van der Waals surface area contributed by atoms with Crippen molar-refractivity contribution in [3.63, 3.8) is 0 Å². The Hall–Kier alpha value is -3.98. The number of nitrogens with two attached hydrogens (primary N) is 1. The van der Waals surface area contributed by atoms with Crippen molar-refractivity contribution in [2.45, 2.75) is 115 Å². The maximum absolute atomic E-state index is 14.0. The summed E-state index contributed by atoms with van der Waals surface area (Å²) in [7, 11) is 3.06. The number of benzene rings is 2. The molecular formula is C42H57Cl2N3O10. The van der Waals surface area contributed by atoms with Gasteiger partial charge in [-0.1, -0.05) is 99.0 Å². The number of halogens is 2. The average Bonchev–Trinajstić information content (AvgIpc) is 3.83. The molecule has 15 heteroatoms. The fraction of sp³-hybridized carbons (Fsp3) is 0.524. The topological polar surface area (TPSA) is 201 Å². The van der Waals surface area contributed by atoms with Gasteiger partial charge >= 0.3 is 11.9 Å². The smallest absolute Gasteiger partial charge is 0.326 e. The van der Waals surface area contributed by atoms with Gasteiger partial charge in [0.15, 0.2) is 11.4 Å². The van der Waals surface area contributed by atoms with E-state index in [-0.39, 0.29) is 34.1 Å². The Morgan fingerprint density at radius 1 is 1.12 bits per heavy atom. The average molecular weight is 835 g/mol. The molecule has 2 aromatic carbocycles. The van der Waals surface area contributed by atoms with Gasteiger partial charge in [0.1, 0.15) is 24.2 Å². The SMILES string of the molecule is CC[C@H](C)[C@@H](C(=O)N[C@H](Cc1cc(Cl)c(O)c(Cl)c1)C(=O)O)N(C)C(=O)[C@]1(C)O[C@H]1C[C@@H](OC)/C(C)=C/C=C/[C@@H](C)[C@H](OC(=O)[C@@H](N)C(C)(C)O)c1ccccc1. The summed E-state index contributed by atoms with van der Waals surface area (Å²) in [6.07, 6.45) is 4.61. The van der Waals surface area contributed by atoms with Crippen LogP contribution in [0.15, 0.2) is 66.3 Å². The third-order valence-corrected chi connectivity index (χ3v) is 11.1. The minimum atomic E-state index is -1.47. The van der Waals surface area contributed by atoms with Gasteiger partial charge in [0.25, 0.3) is 5.91 Å². The number of aromatic hydroxyl groups is 1. The molecule has 2 amide bonds. The number of phenols is 1. The van der Waals surface area contributed by atoms with Crippen molar-refractivity contribution < 1.29 is 48.7 Å². The van der Waals surface area contributed by atoms with E-state index in [4.69, 9.17) is 43.1 Å². The molecule has 0 bridgehead atoms. The highest BCUT2D eigenvalue weighted by Crippen LogP contribution is 2.42. The Labute approximate surface area is 345 Å².